The molecule has 0 aliphatic carbocycles. The molecular formula is C17H16N4O3. The van der Waals surface area contributed by atoms with Crippen LogP contribution in [0.1, 0.15) is 23.1 Å². The summed E-state index contributed by atoms with van der Waals surface area (Å²) in [6.07, 6.45) is 3.87. The summed E-state index contributed by atoms with van der Waals surface area (Å²) in [5.41, 5.74) is 3.08. The highest BCUT2D eigenvalue weighted by Gasteiger charge is 2.35. The van der Waals surface area contributed by atoms with Crippen molar-refractivity contribution in [2.75, 3.05) is 6.54 Å². The van der Waals surface area contributed by atoms with E-state index in [2.05, 4.69) is 15.0 Å². The Bertz CT molecular complexity index is 856. The number of carboxylic acids is 1. The molecule has 122 valence electrons. The molecule has 0 bridgehead atoms. The zero-order valence-corrected chi connectivity index (χ0v) is 12.8. The van der Waals surface area contributed by atoms with E-state index in [0.29, 0.717) is 30.4 Å². The number of rotatable bonds is 4. The number of nitrogens with one attached hydrogen (secondary N) is 1. The Kier molecular flexibility index (Phi) is 3.62. The van der Waals surface area contributed by atoms with Gasteiger partial charge in [0.15, 0.2) is 6.04 Å². The Morgan fingerprint density at radius 3 is 3.00 bits per heavy atom. The van der Waals surface area contributed by atoms with Gasteiger partial charge in [0.25, 0.3) is 0 Å². The minimum Gasteiger partial charge on any atom is -0.480 e. The van der Waals surface area contributed by atoms with Crippen LogP contribution in [0.15, 0.2) is 47.3 Å². The molecule has 1 aliphatic heterocycles. The number of aliphatic carboxylic acids is 1. The number of nitrogens with zero attached hydrogens (tertiary/aromatic N) is 3. The number of carboxylic acid groups (broad SMARTS) is 1. The third-order valence-corrected chi connectivity index (χ3v) is 4.20. The number of hydrogen-bond donors (Lipinski definition) is 2. The maximum Gasteiger partial charge on any atom is 0.327 e. The summed E-state index contributed by atoms with van der Waals surface area (Å²) in [4.78, 5) is 25.2. The molecule has 1 unspecified atom stereocenters. The smallest absolute Gasteiger partial charge is 0.327 e. The lowest BCUT2D eigenvalue weighted by Crippen LogP contribution is -2.39. The van der Waals surface area contributed by atoms with Gasteiger partial charge in [-0.1, -0.05) is 18.2 Å². The normalized spacial score (nSPS) is 17.6. The Balaban J connectivity index is 1.57. The van der Waals surface area contributed by atoms with E-state index in [-0.39, 0.29) is 0 Å². The molecule has 2 aromatic heterocycles. The molecule has 3 aromatic rings. The van der Waals surface area contributed by atoms with Gasteiger partial charge in [-0.3, -0.25) is 9.69 Å². The first kappa shape index (κ1) is 14.6. The van der Waals surface area contributed by atoms with Gasteiger partial charge in [-0.25, -0.2) is 9.97 Å². The summed E-state index contributed by atoms with van der Waals surface area (Å²) in [6.45, 7) is 1.03. The van der Waals surface area contributed by atoms with Crippen LogP contribution in [0.25, 0.3) is 11.5 Å². The van der Waals surface area contributed by atoms with Crippen molar-refractivity contribution >= 4 is 5.97 Å². The lowest BCUT2D eigenvalue weighted by molar-refractivity contribution is -0.144. The molecule has 1 atom stereocenters. The molecule has 7 nitrogen and oxygen atoms in total. The van der Waals surface area contributed by atoms with E-state index in [4.69, 9.17) is 4.42 Å². The van der Waals surface area contributed by atoms with Crippen molar-refractivity contribution in [3.8, 4) is 11.5 Å². The highest BCUT2D eigenvalue weighted by Crippen LogP contribution is 2.29. The number of H-pyrrole nitrogens is 1. The average molecular weight is 324 g/mol. The minimum atomic E-state index is -0.908. The zero-order chi connectivity index (χ0) is 16.5. The summed E-state index contributed by atoms with van der Waals surface area (Å²) < 4.78 is 5.54. The number of aromatic amines is 1. The standard InChI is InChI=1S/C17H16N4O3/c22-17(23)15-14-13(18-10-19-14)6-7-21(15)8-12-9-24-16(20-12)11-4-2-1-3-5-11/h1-5,9-10,15H,6-8H2,(H,18,19)(H,22,23). The maximum absolute atomic E-state index is 11.7. The van der Waals surface area contributed by atoms with Crippen molar-refractivity contribution in [1.82, 2.24) is 19.9 Å². The lowest BCUT2D eigenvalue weighted by Gasteiger charge is -2.31. The first-order chi connectivity index (χ1) is 11.7. The molecule has 1 aliphatic rings. The zero-order valence-electron chi connectivity index (χ0n) is 12.8. The van der Waals surface area contributed by atoms with E-state index in [1.54, 1.807) is 12.6 Å². The highest BCUT2D eigenvalue weighted by atomic mass is 16.4. The van der Waals surface area contributed by atoms with Crippen LogP contribution in [0, 0.1) is 0 Å². The van der Waals surface area contributed by atoms with Crippen molar-refractivity contribution < 1.29 is 14.3 Å². The van der Waals surface area contributed by atoms with Gasteiger partial charge in [0.05, 0.1) is 17.7 Å². The molecule has 0 amide bonds. The average Bonchev–Trinajstić information content (AvgIpc) is 3.24. The molecule has 0 radical (unpaired) electrons. The largest absolute Gasteiger partial charge is 0.480 e. The summed E-state index contributed by atoms with van der Waals surface area (Å²) in [5.74, 6) is -0.371. The van der Waals surface area contributed by atoms with Gasteiger partial charge >= 0.3 is 5.97 Å². The molecule has 0 spiro atoms. The van der Waals surface area contributed by atoms with E-state index >= 15 is 0 Å². The molecule has 0 saturated heterocycles. The number of fused-ring (bicyclic) bond motifs is 1. The van der Waals surface area contributed by atoms with Crippen LogP contribution < -0.4 is 0 Å². The molecule has 0 saturated carbocycles. The molecule has 7 heteroatoms. The second kappa shape index (κ2) is 5.93. The molecule has 24 heavy (non-hydrogen) atoms. The third-order valence-electron chi connectivity index (χ3n) is 4.20. The number of imidazole rings is 1. The monoisotopic (exact) mass is 324 g/mol. The summed E-state index contributed by atoms with van der Waals surface area (Å²) in [7, 11) is 0. The quantitative estimate of drug-likeness (QED) is 0.764. The van der Waals surface area contributed by atoms with Crippen LogP contribution in [0.3, 0.4) is 0 Å². The number of oxazole rings is 1. The number of benzene rings is 1. The SMILES string of the molecule is O=C(O)C1c2nc[nH]c2CCN1Cc1coc(-c2ccccc2)n1. The molecule has 1 aromatic carbocycles. The van der Waals surface area contributed by atoms with Crippen LogP contribution >= 0.6 is 0 Å². The fraction of sp³-hybridized carbons (Fsp3) is 0.235. The lowest BCUT2D eigenvalue weighted by atomic mass is 10.0. The van der Waals surface area contributed by atoms with Gasteiger partial charge in [-0.2, -0.15) is 0 Å². The molecule has 3 heterocycles. The van der Waals surface area contributed by atoms with Gasteiger partial charge in [0, 0.05) is 30.8 Å². The van der Waals surface area contributed by atoms with Gasteiger partial charge in [0.2, 0.25) is 5.89 Å². The van der Waals surface area contributed by atoms with E-state index in [9.17, 15) is 9.90 Å². The van der Waals surface area contributed by atoms with Gasteiger partial charge in [-0.15, -0.1) is 0 Å². The first-order valence-corrected chi connectivity index (χ1v) is 7.71. The van der Waals surface area contributed by atoms with Crippen LogP contribution in [0.2, 0.25) is 0 Å². The van der Waals surface area contributed by atoms with E-state index in [0.717, 1.165) is 17.7 Å². The van der Waals surface area contributed by atoms with Gasteiger partial charge in [0.1, 0.15) is 6.26 Å². The topological polar surface area (TPSA) is 95.2 Å². The first-order valence-electron chi connectivity index (χ1n) is 7.71. The van der Waals surface area contributed by atoms with Crippen molar-refractivity contribution in [3.63, 3.8) is 0 Å². The van der Waals surface area contributed by atoms with Crippen molar-refractivity contribution in [2.24, 2.45) is 0 Å². The predicted octanol–water partition coefficient (Wildman–Crippen LogP) is 2.25. The molecular weight excluding hydrogens is 308 g/mol. The summed E-state index contributed by atoms with van der Waals surface area (Å²) >= 11 is 0. The highest BCUT2D eigenvalue weighted by molar-refractivity contribution is 5.75. The second-order valence-corrected chi connectivity index (χ2v) is 5.74. The maximum atomic E-state index is 11.7. The van der Waals surface area contributed by atoms with E-state index < -0.39 is 12.0 Å². The van der Waals surface area contributed by atoms with Crippen molar-refractivity contribution in [1.29, 1.82) is 0 Å². The third kappa shape index (κ3) is 2.59. The number of carbonyl (C=O) groups is 1. The Labute approximate surface area is 138 Å². The summed E-state index contributed by atoms with van der Waals surface area (Å²) in [6, 6.07) is 8.85. The molecule has 0 fully saturated rings. The van der Waals surface area contributed by atoms with Crippen molar-refractivity contribution in [2.45, 2.75) is 19.0 Å². The van der Waals surface area contributed by atoms with Crippen LogP contribution in [-0.2, 0) is 17.8 Å². The van der Waals surface area contributed by atoms with E-state index in [1.807, 2.05) is 35.2 Å². The second-order valence-electron chi connectivity index (χ2n) is 5.74. The van der Waals surface area contributed by atoms with Gasteiger partial charge in [-0.05, 0) is 12.1 Å². The Morgan fingerprint density at radius 1 is 1.38 bits per heavy atom. The number of aromatic nitrogens is 3. The predicted molar refractivity (Wildman–Crippen MR) is 85.0 cm³/mol. The fourth-order valence-corrected chi connectivity index (χ4v) is 3.07. The van der Waals surface area contributed by atoms with Crippen molar-refractivity contribution in [3.05, 3.63) is 60.0 Å². The molecule has 2 N–H and O–H groups in total. The molecule has 4 rings (SSSR count). The Morgan fingerprint density at radius 2 is 2.21 bits per heavy atom. The van der Waals surface area contributed by atoms with Gasteiger partial charge < -0.3 is 14.5 Å². The fourth-order valence-electron chi connectivity index (χ4n) is 3.07. The van der Waals surface area contributed by atoms with E-state index in [1.165, 1.54) is 0 Å². The van der Waals surface area contributed by atoms with Crippen LogP contribution in [-0.4, -0.2) is 37.5 Å². The summed E-state index contributed by atoms with van der Waals surface area (Å²) in [5, 5.41) is 9.60. The Hall–Kier alpha value is -2.93. The minimum absolute atomic E-state index is 0.402. The number of hydrogen-bond acceptors (Lipinski definition) is 5. The van der Waals surface area contributed by atoms with Crippen LogP contribution in [0.5, 0.6) is 0 Å². The van der Waals surface area contributed by atoms with Crippen LogP contribution in [0.4, 0.5) is 0 Å².